The smallest absolute Gasteiger partial charge is 0.331 e. The maximum Gasteiger partial charge on any atom is 0.331 e. The number of aromatic nitrogens is 1. The molecule has 196 valence electrons. The van der Waals surface area contributed by atoms with Gasteiger partial charge in [-0.15, -0.1) is 0 Å². The average Bonchev–Trinajstić information content (AvgIpc) is 2.90. The lowest BCUT2D eigenvalue weighted by atomic mass is 9.91. The van der Waals surface area contributed by atoms with Crippen molar-refractivity contribution in [3.8, 4) is 11.5 Å². The number of nitrogens with zero attached hydrogens (tertiary/aromatic N) is 1. The van der Waals surface area contributed by atoms with Gasteiger partial charge in [0.2, 0.25) is 0 Å². The maximum absolute atomic E-state index is 13.0. The van der Waals surface area contributed by atoms with Crippen LogP contribution in [0.25, 0.3) is 0 Å². The van der Waals surface area contributed by atoms with E-state index in [9.17, 15) is 14.7 Å². The fourth-order valence-corrected chi connectivity index (χ4v) is 4.37. The molecule has 0 radical (unpaired) electrons. The summed E-state index contributed by atoms with van der Waals surface area (Å²) in [5.41, 5.74) is 0.872. The Bertz CT molecular complexity index is 1000. The number of hydrogen-bond donors (Lipinski definition) is 2. The number of esters is 1. The lowest BCUT2D eigenvalue weighted by Gasteiger charge is -2.33. The van der Waals surface area contributed by atoms with Gasteiger partial charge in [-0.2, -0.15) is 0 Å². The summed E-state index contributed by atoms with van der Waals surface area (Å²) in [6.07, 6.45) is 2.89. The molecule has 5 atom stereocenters. The van der Waals surface area contributed by atoms with Crippen molar-refractivity contribution in [2.45, 2.75) is 64.4 Å². The summed E-state index contributed by atoms with van der Waals surface area (Å²) in [5.74, 6) is -1.77. The molecular weight excluding hydrogens is 464 g/mol. The summed E-state index contributed by atoms with van der Waals surface area (Å²) in [6, 6.07) is 10.4. The van der Waals surface area contributed by atoms with Crippen molar-refractivity contribution in [2.24, 2.45) is 5.92 Å². The molecule has 1 fully saturated rings. The van der Waals surface area contributed by atoms with Gasteiger partial charge in [0.05, 0.1) is 32.5 Å². The van der Waals surface area contributed by atoms with E-state index < -0.39 is 35.9 Å². The van der Waals surface area contributed by atoms with E-state index in [1.807, 2.05) is 37.3 Å². The number of ether oxygens (including phenoxy) is 4. The number of pyridine rings is 1. The van der Waals surface area contributed by atoms with Crippen LogP contribution in [0.5, 0.6) is 11.5 Å². The third-order valence-electron chi connectivity index (χ3n) is 6.18. The molecule has 36 heavy (non-hydrogen) atoms. The van der Waals surface area contributed by atoms with Gasteiger partial charge in [0.15, 0.2) is 23.2 Å². The number of nitrogens with one attached hydrogen (secondary N) is 1. The van der Waals surface area contributed by atoms with Crippen molar-refractivity contribution < 1.29 is 33.6 Å². The van der Waals surface area contributed by atoms with E-state index >= 15 is 0 Å². The second-order valence-corrected chi connectivity index (χ2v) is 9.07. The van der Waals surface area contributed by atoms with Gasteiger partial charge in [0.1, 0.15) is 6.10 Å². The van der Waals surface area contributed by atoms with E-state index in [-0.39, 0.29) is 30.1 Å². The van der Waals surface area contributed by atoms with Crippen molar-refractivity contribution in [1.82, 2.24) is 10.3 Å². The quantitative estimate of drug-likeness (QED) is 0.504. The van der Waals surface area contributed by atoms with Crippen LogP contribution in [-0.4, -0.2) is 66.6 Å². The van der Waals surface area contributed by atoms with Crippen LogP contribution < -0.4 is 10.1 Å². The molecule has 9 nitrogen and oxygen atoms in total. The number of amides is 1. The second kappa shape index (κ2) is 13.2. The largest absolute Gasteiger partial charge is 0.503 e. The van der Waals surface area contributed by atoms with Gasteiger partial charge in [-0.3, -0.25) is 4.79 Å². The molecule has 1 amide bonds. The maximum atomic E-state index is 13.0. The Kier molecular flexibility index (Phi) is 10.1. The van der Waals surface area contributed by atoms with E-state index in [0.29, 0.717) is 13.0 Å². The minimum atomic E-state index is -1.09. The monoisotopic (exact) mass is 500 g/mol. The van der Waals surface area contributed by atoms with Gasteiger partial charge in [0, 0.05) is 18.2 Å². The van der Waals surface area contributed by atoms with Crippen LogP contribution >= 0.6 is 0 Å². The zero-order chi connectivity index (χ0) is 26.1. The summed E-state index contributed by atoms with van der Waals surface area (Å²) >= 11 is 0. The van der Waals surface area contributed by atoms with Gasteiger partial charge in [0.25, 0.3) is 5.91 Å². The first-order valence-electron chi connectivity index (χ1n) is 12.3. The number of benzene rings is 1. The first kappa shape index (κ1) is 27.4. The van der Waals surface area contributed by atoms with Crippen LogP contribution in [0.1, 0.15) is 49.7 Å². The lowest BCUT2D eigenvalue weighted by molar-refractivity contribution is -0.164. The first-order chi connectivity index (χ1) is 17.3. The fourth-order valence-electron chi connectivity index (χ4n) is 4.37. The van der Waals surface area contributed by atoms with Crippen molar-refractivity contribution in [3.63, 3.8) is 0 Å². The minimum absolute atomic E-state index is 0.0159. The van der Waals surface area contributed by atoms with Crippen molar-refractivity contribution in [3.05, 3.63) is 53.9 Å². The van der Waals surface area contributed by atoms with E-state index in [1.54, 1.807) is 6.92 Å². The van der Waals surface area contributed by atoms with Crippen molar-refractivity contribution >= 4 is 11.9 Å². The highest BCUT2D eigenvalue weighted by atomic mass is 16.6. The molecular formula is C27H36N2O7. The molecule has 1 aromatic carbocycles. The number of rotatable bonds is 9. The number of carbonyl (C=O) groups excluding carboxylic acids is 2. The van der Waals surface area contributed by atoms with Gasteiger partial charge < -0.3 is 29.4 Å². The molecule has 2 heterocycles. The molecule has 2 aromatic rings. The van der Waals surface area contributed by atoms with E-state index in [0.717, 1.165) is 18.4 Å². The summed E-state index contributed by atoms with van der Waals surface area (Å²) in [4.78, 5) is 29.8. The molecule has 0 saturated carbocycles. The van der Waals surface area contributed by atoms with Gasteiger partial charge in [-0.1, -0.05) is 43.7 Å². The summed E-state index contributed by atoms with van der Waals surface area (Å²) < 4.78 is 23.2. The minimum Gasteiger partial charge on any atom is -0.503 e. The summed E-state index contributed by atoms with van der Waals surface area (Å²) in [7, 11) is 1.37. The number of aromatic hydroxyl groups is 1. The molecule has 2 N–H and O–H groups in total. The number of carbonyl (C=O) groups is 2. The Morgan fingerprint density at radius 1 is 1.25 bits per heavy atom. The van der Waals surface area contributed by atoms with Crippen molar-refractivity contribution in [1.29, 1.82) is 0 Å². The summed E-state index contributed by atoms with van der Waals surface area (Å²) in [5, 5.41) is 12.8. The van der Waals surface area contributed by atoms with E-state index in [4.69, 9.17) is 18.9 Å². The first-order valence-corrected chi connectivity index (χ1v) is 12.3. The predicted octanol–water partition coefficient (Wildman–Crippen LogP) is 3.29. The zero-order valence-electron chi connectivity index (χ0n) is 21.3. The Balaban J connectivity index is 1.79. The van der Waals surface area contributed by atoms with Crippen LogP contribution in [-0.2, 0) is 25.4 Å². The second-order valence-electron chi connectivity index (χ2n) is 9.07. The predicted molar refractivity (Wildman–Crippen MR) is 133 cm³/mol. The molecule has 1 saturated heterocycles. The molecule has 3 rings (SSSR count). The van der Waals surface area contributed by atoms with E-state index in [2.05, 4.69) is 17.2 Å². The molecule has 0 spiro atoms. The highest BCUT2D eigenvalue weighted by Crippen LogP contribution is 2.28. The van der Waals surface area contributed by atoms with Crippen LogP contribution in [0.3, 0.4) is 0 Å². The molecule has 0 bridgehead atoms. The van der Waals surface area contributed by atoms with Crippen LogP contribution in [0.4, 0.5) is 0 Å². The number of methoxy groups -OCH3 is 1. The third kappa shape index (κ3) is 7.18. The molecule has 1 aliphatic rings. The Morgan fingerprint density at radius 2 is 2.00 bits per heavy atom. The van der Waals surface area contributed by atoms with Gasteiger partial charge in [-0.25, -0.2) is 9.78 Å². The Morgan fingerprint density at radius 3 is 2.69 bits per heavy atom. The van der Waals surface area contributed by atoms with E-state index in [1.165, 1.54) is 19.4 Å². The van der Waals surface area contributed by atoms with Crippen molar-refractivity contribution in [2.75, 3.05) is 20.3 Å². The molecule has 0 aliphatic carbocycles. The van der Waals surface area contributed by atoms with Gasteiger partial charge in [-0.05, 0) is 32.3 Å². The zero-order valence-corrected chi connectivity index (χ0v) is 21.3. The molecule has 1 aromatic heterocycles. The SMILES string of the molecule is CCCC(C)O[C@@H]1[C@@H](Cc2ccccc2)COC[C@H](NC(=O)c2nccc(OC)c2O)C(=O)O[C@H]1C. The fraction of sp³-hybridized carbons (Fsp3) is 0.519. The third-order valence-corrected chi connectivity index (χ3v) is 6.18. The number of cyclic esters (lactones) is 1. The Hall–Kier alpha value is -3.17. The normalized spacial score (nSPS) is 23.5. The van der Waals surface area contributed by atoms with Gasteiger partial charge >= 0.3 is 5.97 Å². The van der Waals surface area contributed by atoms with Crippen LogP contribution in [0.15, 0.2) is 42.6 Å². The summed E-state index contributed by atoms with van der Waals surface area (Å²) in [6.45, 7) is 6.14. The van der Waals surface area contributed by atoms with Crippen LogP contribution in [0, 0.1) is 5.92 Å². The average molecular weight is 501 g/mol. The molecule has 1 unspecified atom stereocenters. The standard InChI is InChI=1S/C27H36N2O7/c1-5-9-17(2)35-25-18(3)36-27(32)21(16-34-15-20(25)14-19-10-7-6-8-11-19)29-26(31)23-24(30)22(33-4)12-13-28-23/h6-8,10-13,17-18,20-21,25,30H,5,9,14-16H2,1-4H3,(H,29,31)/t17?,18-,20-,21-,25-/m0/s1. The lowest BCUT2D eigenvalue weighted by Crippen LogP contribution is -2.46. The highest BCUT2D eigenvalue weighted by Gasteiger charge is 2.36. The highest BCUT2D eigenvalue weighted by molar-refractivity contribution is 5.98. The molecule has 9 heteroatoms. The topological polar surface area (TPSA) is 116 Å². The molecule has 1 aliphatic heterocycles. The number of hydrogen-bond acceptors (Lipinski definition) is 8. The van der Waals surface area contributed by atoms with Crippen LogP contribution in [0.2, 0.25) is 0 Å². The Labute approximate surface area is 212 Å².